The van der Waals surface area contributed by atoms with Gasteiger partial charge in [-0.2, -0.15) is 0 Å². The highest BCUT2D eigenvalue weighted by Gasteiger charge is 2.11. The van der Waals surface area contributed by atoms with E-state index in [9.17, 15) is 4.79 Å². The number of rotatable bonds is 4. The first-order chi connectivity index (χ1) is 9.08. The van der Waals surface area contributed by atoms with Crippen LogP contribution in [0.4, 0.5) is 5.69 Å². The van der Waals surface area contributed by atoms with E-state index < -0.39 is 5.91 Å². The van der Waals surface area contributed by atoms with Crippen molar-refractivity contribution in [2.45, 2.75) is 17.6 Å². The Morgan fingerprint density at radius 1 is 1.21 bits per heavy atom. The van der Waals surface area contributed by atoms with E-state index in [-0.39, 0.29) is 0 Å². The van der Waals surface area contributed by atoms with Gasteiger partial charge in [-0.05, 0) is 24.6 Å². The number of hydrogen-bond acceptors (Lipinski definition) is 3. The third-order valence-corrected chi connectivity index (χ3v) is 4.00. The molecule has 0 radical (unpaired) electrons. The maximum atomic E-state index is 11.4. The third-order valence-electron chi connectivity index (χ3n) is 2.78. The maximum Gasteiger partial charge on any atom is 0.249 e. The van der Waals surface area contributed by atoms with Gasteiger partial charge in [0, 0.05) is 16.3 Å². The van der Waals surface area contributed by atoms with Gasteiger partial charge in [-0.1, -0.05) is 35.9 Å². The van der Waals surface area contributed by atoms with Crippen molar-refractivity contribution >= 4 is 23.4 Å². The van der Waals surface area contributed by atoms with Gasteiger partial charge in [0.05, 0.1) is 5.56 Å². The molecular weight excluding hydrogens is 256 g/mol. The minimum atomic E-state index is -0.445. The molecule has 19 heavy (non-hydrogen) atoms. The number of primary amides is 1. The molecule has 0 aliphatic carbocycles. The van der Waals surface area contributed by atoms with Gasteiger partial charge >= 0.3 is 0 Å². The van der Waals surface area contributed by atoms with Gasteiger partial charge in [-0.15, -0.1) is 11.8 Å². The first kappa shape index (κ1) is 13.5. The van der Waals surface area contributed by atoms with Crippen molar-refractivity contribution < 1.29 is 4.79 Å². The van der Waals surface area contributed by atoms with E-state index in [1.807, 2.05) is 6.07 Å². The first-order valence-corrected chi connectivity index (χ1v) is 6.93. The first-order valence-electron chi connectivity index (χ1n) is 5.94. The van der Waals surface area contributed by atoms with Crippen LogP contribution < -0.4 is 11.5 Å². The summed E-state index contributed by atoms with van der Waals surface area (Å²) >= 11 is 1.54. The molecule has 98 valence electrons. The molecule has 0 aromatic heterocycles. The number of amides is 1. The van der Waals surface area contributed by atoms with Gasteiger partial charge in [-0.3, -0.25) is 4.79 Å². The van der Waals surface area contributed by atoms with Gasteiger partial charge in [-0.25, -0.2) is 0 Å². The number of carbonyl (C=O) groups is 1. The lowest BCUT2D eigenvalue weighted by Gasteiger charge is -2.09. The van der Waals surface area contributed by atoms with E-state index in [1.165, 1.54) is 22.9 Å². The van der Waals surface area contributed by atoms with Crippen LogP contribution in [0.1, 0.15) is 21.5 Å². The molecule has 0 aliphatic heterocycles. The summed E-state index contributed by atoms with van der Waals surface area (Å²) in [7, 11) is 0. The topological polar surface area (TPSA) is 69.1 Å². The van der Waals surface area contributed by atoms with Crippen LogP contribution in [-0.2, 0) is 5.75 Å². The van der Waals surface area contributed by atoms with Crippen LogP contribution in [0.2, 0.25) is 0 Å². The highest BCUT2D eigenvalue weighted by Crippen LogP contribution is 2.31. The number of hydrogen-bond donors (Lipinski definition) is 2. The Labute approximate surface area is 117 Å². The second-order valence-electron chi connectivity index (χ2n) is 4.37. The molecule has 0 spiro atoms. The smallest absolute Gasteiger partial charge is 0.249 e. The number of thioether (sulfide) groups is 1. The zero-order valence-corrected chi connectivity index (χ0v) is 11.5. The van der Waals surface area contributed by atoms with Crippen molar-refractivity contribution in [1.29, 1.82) is 0 Å². The molecule has 0 saturated heterocycles. The summed E-state index contributed by atoms with van der Waals surface area (Å²) in [6, 6.07) is 13.5. The molecule has 1 amide bonds. The molecular formula is C15H16N2OS. The van der Waals surface area contributed by atoms with Crippen molar-refractivity contribution in [3.05, 3.63) is 59.2 Å². The fraction of sp³-hybridized carbons (Fsp3) is 0.133. The van der Waals surface area contributed by atoms with Gasteiger partial charge in [0.25, 0.3) is 0 Å². The zero-order chi connectivity index (χ0) is 13.8. The second kappa shape index (κ2) is 5.80. The number of benzene rings is 2. The average Bonchev–Trinajstić information content (AvgIpc) is 2.37. The molecule has 2 aromatic carbocycles. The Kier molecular flexibility index (Phi) is 4.12. The number of nitrogens with two attached hydrogens (primary N) is 2. The summed E-state index contributed by atoms with van der Waals surface area (Å²) < 4.78 is 0. The molecule has 2 rings (SSSR count). The summed E-state index contributed by atoms with van der Waals surface area (Å²) in [5.74, 6) is 0.315. The minimum absolute atomic E-state index is 0.445. The molecule has 0 unspecified atom stereocenters. The summed E-state index contributed by atoms with van der Waals surface area (Å²) in [6.45, 7) is 2.06. The van der Waals surface area contributed by atoms with Crippen molar-refractivity contribution in [1.82, 2.24) is 0 Å². The van der Waals surface area contributed by atoms with E-state index in [0.717, 1.165) is 10.6 Å². The van der Waals surface area contributed by atoms with Crippen LogP contribution in [0.5, 0.6) is 0 Å². The number of anilines is 1. The molecule has 0 saturated carbocycles. The van der Waals surface area contributed by atoms with Crippen LogP contribution in [0, 0.1) is 6.92 Å². The lowest BCUT2D eigenvalue weighted by Crippen LogP contribution is -2.13. The number of aryl methyl sites for hydroxylation is 1. The van der Waals surface area contributed by atoms with Crippen LogP contribution in [0.25, 0.3) is 0 Å². The Bertz CT molecular complexity index is 611. The maximum absolute atomic E-state index is 11.4. The molecule has 0 bridgehead atoms. The Balaban J connectivity index is 2.22. The average molecular weight is 272 g/mol. The molecule has 4 N–H and O–H groups in total. The lowest BCUT2D eigenvalue weighted by atomic mass is 10.2. The van der Waals surface area contributed by atoms with Gasteiger partial charge < -0.3 is 11.5 Å². The number of nitrogen functional groups attached to an aromatic ring is 1. The summed E-state index contributed by atoms with van der Waals surface area (Å²) in [4.78, 5) is 12.2. The van der Waals surface area contributed by atoms with Crippen molar-refractivity contribution in [2.75, 3.05) is 5.73 Å². The highest BCUT2D eigenvalue weighted by atomic mass is 32.2. The summed E-state index contributed by atoms with van der Waals surface area (Å²) in [6.07, 6.45) is 0. The molecule has 0 atom stereocenters. The highest BCUT2D eigenvalue weighted by molar-refractivity contribution is 7.98. The van der Waals surface area contributed by atoms with E-state index in [1.54, 1.807) is 18.2 Å². The lowest BCUT2D eigenvalue weighted by molar-refractivity contribution is 0.0997. The molecule has 0 fully saturated rings. The van der Waals surface area contributed by atoms with E-state index in [4.69, 9.17) is 11.5 Å². The Hall–Kier alpha value is -1.94. The molecule has 0 heterocycles. The van der Waals surface area contributed by atoms with Gasteiger partial charge in [0.1, 0.15) is 0 Å². The Morgan fingerprint density at radius 2 is 1.95 bits per heavy atom. The fourth-order valence-corrected chi connectivity index (χ4v) is 2.92. The SMILES string of the molecule is Cc1cccc(CSc2c(N)cccc2C(N)=O)c1. The normalized spacial score (nSPS) is 10.4. The quantitative estimate of drug-likeness (QED) is 0.664. The van der Waals surface area contributed by atoms with Crippen molar-refractivity contribution in [3.8, 4) is 0 Å². The molecule has 2 aromatic rings. The van der Waals surface area contributed by atoms with Crippen LogP contribution >= 0.6 is 11.8 Å². The largest absolute Gasteiger partial charge is 0.398 e. The standard InChI is InChI=1S/C15H16N2OS/c1-10-4-2-5-11(8-10)9-19-14-12(15(17)18)6-3-7-13(14)16/h2-8H,9,16H2,1H3,(H2,17,18). The monoisotopic (exact) mass is 272 g/mol. The predicted octanol–water partition coefficient (Wildman–Crippen LogP) is 2.97. The second-order valence-corrected chi connectivity index (χ2v) is 5.35. The van der Waals surface area contributed by atoms with E-state index in [0.29, 0.717) is 11.3 Å². The molecule has 3 nitrogen and oxygen atoms in total. The van der Waals surface area contributed by atoms with Gasteiger partial charge in [0.15, 0.2) is 0 Å². The van der Waals surface area contributed by atoms with E-state index >= 15 is 0 Å². The van der Waals surface area contributed by atoms with Crippen LogP contribution in [-0.4, -0.2) is 5.91 Å². The van der Waals surface area contributed by atoms with Crippen molar-refractivity contribution in [2.24, 2.45) is 5.73 Å². The van der Waals surface area contributed by atoms with Crippen molar-refractivity contribution in [3.63, 3.8) is 0 Å². The summed E-state index contributed by atoms with van der Waals surface area (Å²) in [5.41, 5.74) is 14.8. The minimum Gasteiger partial charge on any atom is -0.398 e. The third kappa shape index (κ3) is 3.29. The Morgan fingerprint density at radius 3 is 2.63 bits per heavy atom. The zero-order valence-electron chi connectivity index (χ0n) is 10.7. The van der Waals surface area contributed by atoms with E-state index in [2.05, 4.69) is 25.1 Å². The number of carbonyl (C=O) groups excluding carboxylic acids is 1. The van der Waals surface area contributed by atoms with Crippen LogP contribution in [0.15, 0.2) is 47.4 Å². The van der Waals surface area contributed by atoms with Gasteiger partial charge in [0.2, 0.25) is 5.91 Å². The molecule has 0 aliphatic rings. The van der Waals surface area contributed by atoms with Crippen LogP contribution in [0.3, 0.4) is 0 Å². The fourth-order valence-electron chi connectivity index (χ4n) is 1.87. The predicted molar refractivity (Wildman–Crippen MR) is 80.1 cm³/mol. The molecule has 4 heteroatoms. The summed E-state index contributed by atoms with van der Waals surface area (Å²) in [5, 5.41) is 0.